The van der Waals surface area contributed by atoms with Gasteiger partial charge in [0.15, 0.2) is 5.11 Å². The lowest BCUT2D eigenvalue weighted by Crippen LogP contribution is -2.31. The van der Waals surface area contributed by atoms with Crippen molar-refractivity contribution in [1.82, 2.24) is 14.7 Å². The fourth-order valence-electron chi connectivity index (χ4n) is 3.12. The molecule has 0 unspecified atom stereocenters. The molecule has 0 aliphatic heterocycles. The number of aromatic nitrogens is 2. The van der Waals surface area contributed by atoms with Crippen LogP contribution in [0.5, 0.6) is 0 Å². The van der Waals surface area contributed by atoms with E-state index in [0.29, 0.717) is 5.11 Å². The molecule has 1 N–H and O–H groups in total. The van der Waals surface area contributed by atoms with E-state index in [2.05, 4.69) is 60.4 Å². The zero-order valence-corrected chi connectivity index (χ0v) is 16.0. The minimum absolute atomic E-state index is 0.708. The molecule has 3 aromatic rings. The van der Waals surface area contributed by atoms with E-state index in [4.69, 9.17) is 12.2 Å². The summed E-state index contributed by atoms with van der Waals surface area (Å²) in [6, 6.07) is 14.5. The van der Waals surface area contributed by atoms with Crippen LogP contribution in [-0.4, -0.2) is 26.8 Å². The second-order valence-electron chi connectivity index (χ2n) is 6.28. The van der Waals surface area contributed by atoms with Crippen molar-refractivity contribution in [1.29, 1.82) is 0 Å². The van der Waals surface area contributed by atoms with Crippen LogP contribution in [-0.2, 0) is 13.1 Å². The van der Waals surface area contributed by atoms with Crippen molar-refractivity contribution < 1.29 is 0 Å². The highest BCUT2D eigenvalue weighted by molar-refractivity contribution is 7.80. The van der Waals surface area contributed by atoms with Crippen LogP contribution in [0.3, 0.4) is 0 Å². The molecule has 5 heteroatoms. The predicted octanol–water partition coefficient (Wildman–Crippen LogP) is 4.50. The Morgan fingerprint density at radius 1 is 1.16 bits per heavy atom. The number of nitrogens with one attached hydrogen (secondary N) is 1. The molecule has 0 saturated carbocycles. The first-order chi connectivity index (χ1) is 12.0. The number of fused-ring (bicyclic) bond motifs is 1. The van der Waals surface area contributed by atoms with Gasteiger partial charge < -0.3 is 10.2 Å². The van der Waals surface area contributed by atoms with Crippen molar-refractivity contribution >= 4 is 33.8 Å². The van der Waals surface area contributed by atoms with Crippen molar-refractivity contribution in [3.63, 3.8) is 0 Å². The van der Waals surface area contributed by atoms with E-state index in [1.807, 2.05) is 29.9 Å². The number of anilines is 1. The quantitative estimate of drug-likeness (QED) is 0.701. The lowest BCUT2D eigenvalue weighted by atomic mass is 10.1. The number of thiocarbonyl (C=S) groups is 1. The van der Waals surface area contributed by atoms with Crippen molar-refractivity contribution in [3.05, 3.63) is 59.4 Å². The Morgan fingerprint density at radius 3 is 2.60 bits per heavy atom. The summed E-state index contributed by atoms with van der Waals surface area (Å²) in [6.45, 7) is 7.92. The van der Waals surface area contributed by atoms with Gasteiger partial charge in [0.1, 0.15) is 0 Å². The van der Waals surface area contributed by atoms with E-state index in [0.717, 1.165) is 24.5 Å². The first-order valence-electron chi connectivity index (χ1n) is 8.54. The molecule has 2 aromatic carbocycles. The lowest BCUT2D eigenvalue weighted by Gasteiger charge is -2.22. The Balaban J connectivity index is 1.78. The van der Waals surface area contributed by atoms with E-state index < -0.39 is 0 Å². The molecule has 25 heavy (non-hydrogen) atoms. The highest BCUT2D eigenvalue weighted by Crippen LogP contribution is 2.23. The van der Waals surface area contributed by atoms with Crippen LogP contribution >= 0.6 is 12.2 Å². The summed E-state index contributed by atoms with van der Waals surface area (Å²) in [5.41, 5.74) is 4.55. The Hall–Kier alpha value is -2.40. The molecule has 3 rings (SSSR count). The Labute approximate surface area is 154 Å². The Bertz CT molecular complexity index is 908. The van der Waals surface area contributed by atoms with E-state index >= 15 is 0 Å². The molecule has 0 fully saturated rings. The molecule has 0 radical (unpaired) electrons. The summed E-state index contributed by atoms with van der Waals surface area (Å²) in [5, 5.41) is 11.1. The van der Waals surface area contributed by atoms with Crippen molar-refractivity contribution in [2.75, 3.05) is 12.4 Å². The molecule has 0 atom stereocenters. The molecular weight excluding hydrogens is 328 g/mol. The van der Waals surface area contributed by atoms with Crippen LogP contribution in [0, 0.1) is 13.8 Å². The Morgan fingerprint density at radius 2 is 1.88 bits per heavy atom. The standard InChI is InChI=1S/C20H24N4S/c1-5-24-15(3)18(14(2)22-24)13-23(4)20(25)21-19-12-8-10-16-9-6-7-11-17(16)19/h6-12H,5,13H2,1-4H3,(H,21,25). The summed E-state index contributed by atoms with van der Waals surface area (Å²) in [6.07, 6.45) is 0. The van der Waals surface area contributed by atoms with Gasteiger partial charge in [0.25, 0.3) is 0 Å². The summed E-state index contributed by atoms with van der Waals surface area (Å²) >= 11 is 5.63. The molecule has 0 aliphatic carbocycles. The van der Waals surface area contributed by atoms with Gasteiger partial charge in [-0.1, -0.05) is 36.4 Å². The third kappa shape index (κ3) is 3.51. The molecule has 0 amide bonds. The maximum absolute atomic E-state index is 5.63. The maximum Gasteiger partial charge on any atom is 0.173 e. The minimum Gasteiger partial charge on any atom is -0.348 e. The second kappa shape index (κ2) is 7.23. The van der Waals surface area contributed by atoms with E-state index in [1.54, 1.807) is 0 Å². The molecule has 1 aromatic heterocycles. The largest absolute Gasteiger partial charge is 0.348 e. The first kappa shape index (κ1) is 17.4. The zero-order chi connectivity index (χ0) is 18.0. The minimum atomic E-state index is 0.708. The average Bonchev–Trinajstić information content (AvgIpc) is 2.89. The van der Waals surface area contributed by atoms with Gasteiger partial charge in [-0.2, -0.15) is 5.10 Å². The van der Waals surface area contributed by atoms with E-state index in [9.17, 15) is 0 Å². The topological polar surface area (TPSA) is 33.1 Å². The fourth-order valence-corrected chi connectivity index (χ4v) is 3.30. The van der Waals surface area contributed by atoms with Gasteiger partial charge in [0.05, 0.1) is 5.69 Å². The summed E-state index contributed by atoms with van der Waals surface area (Å²) in [7, 11) is 2.02. The van der Waals surface area contributed by atoms with Gasteiger partial charge in [0.2, 0.25) is 0 Å². The highest BCUT2D eigenvalue weighted by atomic mass is 32.1. The van der Waals surface area contributed by atoms with E-state index in [-0.39, 0.29) is 0 Å². The molecule has 0 spiro atoms. The van der Waals surface area contributed by atoms with E-state index in [1.165, 1.54) is 22.0 Å². The second-order valence-corrected chi connectivity index (χ2v) is 6.66. The normalized spacial score (nSPS) is 10.9. The van der Waals surface area contributed by atoms with Crippen LogP contribution in [0.15, 0.2) is 42.5 Å². The number of aryl methyl sites for hydroxylation is 2. The van der Waals surface area contributed by atoms with Crippen LogP contribution in [0.1, 0.15) is 23.9 Å². The lowest BCUT2D eigenvalue weighted by molar-refractivity contribution is 0.504. The Kier molecular flexibility index (Phi) is 5.04. The predicted molar refractivity (Wildman–Crippen MR) is 109 cm³/mol. The summed E-state index contributed by atoms with van der Waals surface area (Å²) in [4.78, 5) is 2.06. The average molecular weight is 353 g/mol. The number of benzene rings is 2. The van der Waals surface area contributed by atoms with Gasteiger partial charge in [-0.05, 0) is 44.4 Å². The number of hydrogen-bond donors (Lipinski definition) is 1. The smallest absolute Gasteiger partial charge is 0.173 e. The molecule has 0 saturated heterocycles. The first-order valence-corrected chi connectivity index (χ1v) is 8.94. The van der Waals surface area contributed by atoms with Crippen LogP contribution < -0.4 is 5.32 Å². The molecule has 130 valence electrons. The van der Waals surface area contributed by atoms with Gasteiger partial charge >= 0.3 is 0 Å². The molecular formula is C20H24N4S. The van der Waals surface area contributed by atoms with Gasteiger partial charge in [-0.3, -0.25) is 4.68 Å². The van der Waals surface area contributed by atoms with Crippen LogP contribution in [0.4, 0.5) is 5.69 Å². The summed E-state index contributed by atoms with van der Waals surface area (Å²) in [5.74, 6) is 0. The van der Waals surface area contributed by atoms with Crippen LogP contribution in [0.25, 0.3) is 10.8 Å². The highest BCUT2D eigenvalue weighted by Gasteiger charge is 2.14. The van der Waals surface area contributed by atoms with Crippen LogP contribution in [0.2, 0.25) is 0 Å². The fraction of sp³-hybridized carbons (Fsp3) is 0.300. The summed E-state index contributed by atoms with van der Waals surface area (Å²) < 4.78 is 2.04. The SMILES string of the molecule is CCn1nc(C)c(CN(C)C(=S)Nc2cccc3ccccc23)c1C. The number of hydrogen-bond acceptors (Lipinski definition) is 2. The van der Waals surface area contributed by atoms with Crippen molar-refractivity contribution in [3.8, 4) is 0 Å². The molecule has 1 heterocycles. The third-order valence-electron chi connectivity index (χ3n) is 4.60. The van der Waals surface area contributed by atoms with Gasteiger partial charge in [0, 0.05) is 42.5 Å². The number of nitrogens with zero attached hydrogens (tertiary/aromatic N) is 3. The van der Waals surface area contributed by atoms with Crippen molar-refractivity contribution in [2.45, 2.75) is 33.9 Å². The monoisotopic (exact) mass is 352 g/mol. The molecule has 4 nitrogen and oxygen atoms in total. The van der Waals surface area contributed by atoms with Crippen molar-refractivity contribution in [2.24, 2.45) is 0 Å². The molecule has 0 aliphatic rings. The number of rotatable bonds is 4. The molecule has 0 bridgehead atoms. The van der Waals surface area contributed by atoms with Gasteiger partial charge in [-0.25, -0.2) is 0 Å². The maximum atomic E-state index is 5.63. The third-order valence-corrected chi connectivity index (χ3v) is 5.02. The zero-order valence-electron chi connectivity index (χ0n) is 15.2. The van der Waals surface area contributed by atoms with Gasteiger partial charge in [-0.15, -0.1) is 0 Å².